The zero-order valence-corrected chi connectivity index (χ0v) is 20.6. The number of rotatable bonds is 12. The summed E-state index contributed by atoms with van der Waals surface area (Å²) >= 11 is 1.27. The van der Waals surface area contributed by atoms with E-state index in [0.717, 1.165) is 24.2 Å². The largest absolute Gasteiger partial charge is 0.507 e. The highest BCUT2D eigenvalue weighted by Crippen LogP contribution is 2.35. The fourth-order valence-corrected chi connectivity index (χ4v) is 5.12. The van der Waals surface area contributed by atoms with Gasteiger partial charge in [0.25, 0.3) is 0 Å². The molecule has 2 atom stereocenters. The number of benzene rings is 2. The Hall–Kier alpha value is -3.30. The van der Waals surface area contributed by atoms with E-state index >= 15 is 0 Å². The molecule has 8 nitrogen and oxygen atoms in total. The van der Waals surface area contributed by atoms with E-state index in [4.69, 9.17) is 15.3 Å². The second kappa shape index (κ2) is 11.9. The molecule has 3 rings (SSSR count). The van der Waals surface area contributed by atoms with Gasteiger partial charge in [-0.2, -0.15) is 11.8 Å². The molecule has 35 heavy (non-hydrogen) atoms. The molecule has 0 saturated heterocycles. The molecule has 9 heteroatoms. The Labute approximate surface area is 207 Å². The van der Waals surface area contributed by atoms with E-state index in [2.05, 4.69) is 4.90 Å². The number of carbonyl (C=O) groups is 2. The zero-order chi connectivity index (χ0) is 25.5. The van der Waals surface area contributed by atoms with Gasteiger partial charge in [0.05, 0.1) is 11.1 Å². The third-order valence-electron chi connectivity index (χ3n) is 5.86. The third-order valence-corrected chi connectivity index (χ3v) is 7.16. The maximum atomic E-state index is 13.0. The lowest BCUT2D eigenvalue weighted by molar-refractivity contribution is -0.138. The van der Waals surface area contributed by atoms with E-state index in [0.29, 0.717) is 16.9 Å². The Balaban J connectivity index is 1.94. The number of fused-ring (bicyclic) bond motifs is 1. The molecule has 0 aliphatic heterocycles. The summed E-state index contributed by atoms with van der Waals surface area (Å²) in [7, 11) is 0. The predicted octanol–water partition coefficient (Wildman–Crippen LogP) is 4.19. The number of hydrogen-bond acceptors (Lipinski definition) is 8. The van der Waals surface area contributed by atoms with Gasteiger partial charge in [-0.3, -0.25) is 9.59 Å². The average molecular weight is 499 g/mol. The van der Waals surface area contributed by atoms with Gasteiger partial charge < -0.3 is 25.3 Å². The topological polar surface area (TPSA) is 134 Å². The van der Waals surface area contributed by atoms with Crippen molar-refractivity contribution in [1.29, 1.82) is 0 Å². The number of thioether (sulfide) groups is 1. The number of para-hydroxylation sites is 1. The van der Waals surface area contributed by atoms with Gasteiger partial charge in [-0.15, -0.1) is 0 Å². The standard InChI is InChI=1S/C26H30N2O6S/c1-3-28(4-2)17-10-9-16-13-19(26(33)34-23(16)14-17)24(35-12-11-20(27)25(31)32)15-22(30)18-7-5-6-8-21(18)29/h5-10,13-14,20,24,29H,3-4,11-12,15,27H2,1-2H3,(H,31,32)/t20-,24?/m0/s1. The van der Waals surface area contributed by atoms with Crippen molar-refractivity contribution in [3.8, 4) is 5.75 Å². The number of aliphatic carboxylic acids is 1. The normalized spacial score (nSPS) is 12.9. The van der Waals surface area contributed by atoms with Crippen LogP contribution in [0.2, 0.25) is 0 Å². The van der Waals surface area contributed by atoms with Gasteiger partial charge >= 0.3 is 11.6 Å². The molecular formula is C26H30N2O6S. The first-order valence-electron chi connectivity index (χ1n) is 11.5. The number of carbonyl (C=O) groups excluding carboxylic acids is 1. The summed E-state index contributed by atoms with van der Waals surface area (Å²) in [5, 5.41) is 19.3. The lowest BCUT2D eigenvalue weighted by Crippen LogP contribution is -2.30. The maximum absolute atomic E-state index is 13.0. The van der Waals surface area contributed by atoms with E-state index in [1.165, 1.54) is 23.9 Å². The third kappa shape index (κ3) is 6.43. The van der Waals surface area contributed by atoms with Crippen LogP contribution in [0.25, 0.3) is 11.0 Å². The van der Waals surface area contributed by atoms with Gasteiger partial charge in [-0.05, 0) is 56.4 Å². The number of aromatic hydroxyl groups is 1. The van der Waals surface area contributed by atoms with E-state index in [1.807, 2.05) is 32.0 Å². The fraction of sp³-hybridized carbons (Fsp3) is 0.346. The first-order valence-corrected chi connectivity index (χ1v) is 12.5. The molecule has 186 valence electrons. The minimum atomic E-state index is -1.11. The molecule has 0 aliphatic carbocycles. The quantitative estimate of drug-likeness (QED) is 0.248. The van der Waals surface area contributed by atoms with E-state index in [9.17, 15) is 19.5 Å². The van der Waals surface area contributed by atoms with Crippen molar-refractivity contribution < 1.29 is 24.2 Å². The molecule has 0 aliphatic rings. The maximum Gasteiger partial charge on any atom is 0.340 e. The van der Waals surface area contributed by atoms with Crippen LogP contribution in [-0.4, -0.2) is 46.8 Å². The van der Waals surface area contributed by atoms with Crippen LogP contribution < -0.4 is 16.3 Å². The molecule has 1 unspecified atom stereocenters. The molecule has 2 aromatic carbocycles. The first-order chi connectivity index (χ1) is 16.7. The molecular weight excluding hydrogens is 468 g/mol. The minimum Gasteiger partial charge on any atom is -0.507 e. The second-order valence-electron chi connectivity index (χ2n) is 8.12. The van der Waals surface area contributed by atoms with Gasteiger partial charge in [0, 0.05) is 41.9 Å². The van der Waals surface area contributed by atoms with E-state index in [-0.39, 0.29) is 29.9 Å². The van der Waals surface area contributed by atoms with Crippen molar-refractivity contribution in [3.05, 3.63) is 70.1 Å². The van der Waals surface area contributed by atoms with Crippen LogP contribution in [0.4, 0.5) is 5.69 Å². The zero-order valence-electron chi connectivity index (χ0n) is 19.8. The number of Topliss-reactive ketones (excluding diaryl/α,β-unsaturated/α-hetero) is 1. The number of ketones is 1. The van der Waals surface area contributed by atoms with Crippen molar-refractivity contribution in [1.82, 2.24) is 0 Å². The monoisotopic (exact) mass is 498 g/mol. The Morgan fingerprint density at radius 1 is 1.11 bits per heavy atom. The van der Waals surface area contributed by atoms with Crippen LogP contribution in [0.1, 0.15) is 47.9 Å². The number of phenols is 1. The van der Waals surface area contributed by atoms with Crippen LogP contribution in [0, 0.1) is 0 Å². The lowest BCUT2D eigenvalue weighted by Gasteiger charge is -2.21. The highest BCUT2D eigenvalue weighted by Gasteiger charge is 2.24. The Bertz CT molecular complexity index is 1250. The van der Waals surface area contributed by atoms with Crippen molar-refractivity contribution in [2.24, 2.45) is 5.73 Å². The number of anilines is 1. The number of carboxylic acids is 1. The summed E-state index contributed by atoms with van der Waals surface area (Å²) < 4.78 is 5.66. The molecule has 0 fully saturated rings. The van der Waals surface area contributed by atoms with Gasteiger partial charge in [0.2, 0.25) is 0 Å². The SMILES string of the molecule is CCN(CC)c1ccc2cc(C(CC(=O)c3ccccc3O)SCC[C@H](N)C(=O)O)c(=O)oc2c1. The molecule has 1 aromatic heterocycles. The molecule has 0 spiro atoms. The van der Waals surface area contributed by atoms with Crippen LogP contribution in [0.5, 0.6) is 5.75 Å². The Morgan fingerprint density at radius 3 is 2.49 bits per heavy atom. The molecule has 0 radical (unpaired) electrons. The predicted molar refractivity (Wildman–Crippen MR) is 139 cm³/mol. The summed E-state index contributed by atoms with van der Waals surface area (Å²) in [5.74, 6) is -1.25. The van der Waals surface area contributed by atoms with Crippen molar-refractivity contribution >= 4 is 40.2 Å². The lowest BCUT2D eigenvalue weighted by atomic mass is 10.0. The number of phenolic OH excluding ortho intramolecular Hbond substituents is 1. The Kier molecular flexibility index (Phi) is 8.95. The van der Waals surface area contributed by atoms with Gasteiger partial charge in [0.15, 0.2) is 5.78 Å². The molecule has 0 bridgehead atoms. The van der Waals surface area contributed by atoms with Gasteiger partial charge in [-0.25, -0.2) is 4.79 Å². The summed E-state index contributed by atoms with van der Waals surface area (Å²) in [6, 6.07) is 12.6. The van der Waals surface area contributed by atoms with Crippen LogP contribution in [0.15, 0.2) is 57.7 Å². The second-order valence-corrected chi connectivity index (χ2v) is 9.43. The highest BCUT2D eigenvalue weighted by molar-refractivity contribution is 7.99. The Morgan fingerprint density at radius 2 is 1.83 bits per heavy atom. The summed E-state index contributed by atoms with van der Waals surface area (Å²) in [6.45, 7) is 5.73. The summed E-state index contributed by atoms with van der Waals surface area (Å²) in [6.07, 6.45) is 0.103. The first kappa shape index (κ1) is 26.3. The van der Waals surface area contributed by atoms with Crippen LogP contribution in [0.3, 0.4) is 0 Å². The number of carboxylic acid groups (broad SMARTS) is 1. The van der Waals surface area contributed by atoms with Crippen molar-refractivity contribution in [2.45, 2.75) is 38.0 Å². The van der Waals surface area contributed by atoms with Crippen molar-refractivity contribution in [3.63, 3.8) is 0 Å². The molecule has 0 saturated carbocycles. The van der Waals surface area contributed by atoms with Gasteiger partial charge in [0.1, 0.15) is 17.4 Å². The van der Waals surface area contributed by atoms with Crippen molar-refractivity contribution in [2.75, 3.05) is 23.7 Å². The smallest absolute Gasteiger partial charge is 0.340 e. The number of nitrogens with zero attached hydrogens (tertiary/aromatic N) is 1. The molecule has 0 amide bonds. The highest BCUT2D eigenvalue weighted by atomic mass is 32.2. The minimum absolute atomic E-state index is 0.0711. The fourth-order valence-electron chi connectivity index (χ4n) is 3.83. The van der Waals surface area contributed by atoms with Gasteiger partial charge in [-0.1, -0.05) is 12.1 Å². The van der Waals surface area contributed by atoms with E-state index in [1.54, 1.807) is 18.2 Å². The van der Waals surface area contributed by atoms with Crippen LogP contribution in [-0.2, 0) is 4.79 Å². The molecule has 1 heterocycles. The van der Waals surface area contributed by atoms with Crippen LogP contribution >= 0.6 is 11.8 Å². The number of nitrogens with two attached hydrogens (primary N) is 1. The molecule has 4 N–H and O–H groups in total. The summed E-state index contributed by atoms with van der Waals surface area (Å²) in [4.78, 5) is 39.2. The van der Waals surface area contributed by atoms with E-state index < -0.39 is 22.9 Å². The molecule has 3 aromatic rings. The summed E-state index contributed by atoms with van der Waals surface area (Å²) in [5.41, 5.74) is 6.94. The number of hydrogen-bond donors (Lipinski definition) is 3. The average Bonchev–Trinajstić information content (AvgIpc) is 2.83.